The molecule has 0 aliphatic rings. The van der Waals surface area contributed by atoms with E-state index in [0.29, 0.717) is 4.47 Å². The smallest absolute Gasteiger partial charge is 0.184 e. The van der Waals surface area contributed by atoms with Crippen LogP contribution >= 0.6 is 22.9 Å². The molecule has 0 atom stereocenters. The van der Waals surface area contributed by atoms with Gasteiger partial charge in [0.2, 0.25) is 0 Å². The summed E-state index contributed by atoms with van der Waals surface area (Å²) >= 11 is 7.63. The van der Waals surface area contributed by atoms with E-state index in [1.807, 2.05) is 18.2 Å². The van der Waals surface area contributed by atoms with E-state index in [4.69, 9.17) is 11.6 Å². The van der Waals surface area contributed by atoms with Crippen LogP contribution in [0.25, 0.3) is 21.7 Å². The Bertz CT molecular complexity index is 687. The van der Waals surface area contributed by atoms with Gasteiger partial charge in [0.05, 0.1) is 10.6 Å². The van der Waals surface area contributed by atoms with Crippen molar-refractivity contribution in [2.24, 2.45) is 0 Å². The monoisotopic (exact) mass is 285 g/mol. The van der Waals surface area contributed by atoms with Crippen LogP contribution in [0.4, 0.5) is 0 Å². The molecule has 94 valence electrons. The summed E-state index contributed by atoms with van der Waals surface area (Å²) in [5, 5.41) is 0. The summed E-state index contributed by atoms with van der Waals surface area (Å²) in [6.45, 7) is 2.08. The maximum Gasteiger partial charge on any atom is 0.184 e. The van der Waals surface area contributed by atoms with Gasteiger partial charge in [-0.3, -0.25) is 0 Å². The third-order valence-corrected chi connectivity index (χ3v) is 4.17. The van der Waals surface area contributed by atoms with E-state index < -0.39 is 0 Å². The van der Waals surface area contributed by atoms with Gasteiger partial charge in [-0.2, -0.15) is 0 Å². The second-order valence-electron chi connectivity index (χ2n) is 4.38. The molecule has 0 spiro atoms. The van der Waals surface area contributed by atoms with Crippen LogP contribution in [0.15, 0.2) is 54.6 Å². The predicted molar refractivity (Wildman–Crippen MR) is 82.7 cm³/mol. The van der Waals surface area contributed by atoms with E-state index in [1.54, 1.807) is 0 Å². The lowest BCUT2D eigenvalue weighted by Crippen LogP contribution is -1.82. The van der Waals surface area contributed by atoms with Gasteiger partial charge < -0.3 is 0 Å². The SMILES string of the molecule is Cc1ccc(-c2sc(Cl)nc2-c2ccccc2)cc1. The molecule has 0 amide bonds. The lowest BCUT2D eigenvalue weighted by atomic mass is 10.1. The summed E-state index contributed by atoms with van der Waals surface area (Å²) in [6.07, 6.45) is 0. The summed E-state index contributed by atoms with van der Waals surface area (Å²) in [5.74, 6) is 0. The summed E-state index contributed by atoms with van der Waals surface area (Å²) < 4.78 is 0.578. The molecule has 0 saturated heterocycles. The molecule has 1 aromatic heterocycles. The van der Waals surface area contributed by atoms with Crippen molar-refractivity contribution in [3.8, 4) is 21.7 Å². The zero-order valence-corrected chi connectivity index (χ0v) is 12.0. The van der Waals surface area contributed by atoms with E-state index in [0.717, 1.165) is 21.7 Å². The number of aryl methyl sites for hydroxylation is 1. The topological polar surface area (TPSA) is 12.9 Å². The van der Waals surface area contributed by atoms with Gasteiger partial charge in [0.1, 0.15) is 0 Å². The molecular formula is C16H12ClNS. The Labute approximate surface area is 121 Å². The number of rotatable bonds is 2. The van der Waals surface area contributed by atoms with E-state index in [2.05, 4.69) is 48.3 Å². The van der Waals surface area contributed by atoms with Crippen molar-refractivity contribution >= 4 is 22.9 Å². The lowest BCUT2D eigenvalue weighted by molar-refractivity contribution is 1.40. The normalized spacial score (nSPS) is 10.6. The number of hydrogen-bond donors (Lipinski definition) is 0. The van der Waals surface area contributed by atoms with Gasteiger partial charge in [0.15, 0.2) is 4.47 Å². The first kappa shape index (κ1) is 12.4. The molecule has 0 N–H and O–H groups in total. The van der Waals surface area contributed by atoms with Crippen LogP contribution in [-0.2, 0) is 0 Å². The highest BCUT2D eigenvalue weighted by molar-refractivity contribution is 7.19. The average molecular weight is 286 g/mol. The summed E-state index contributed by atoms with van der Waals surface area (Å²) in [6, 6.07) is 18.6. The van der Waals surface area contributed by atoms with Gasteiger partial charge in [-0.1, -0.05) is 71.8 Å². The first-order valence-electron chi connectivity index (χ1n) is 6.03. The zero-order chi connectivity index (χ0) is 13.2. The van der Waals surface area contributed by atoms with Gasteiger partial charge in [-0.05, 0) is 12.5 Å². The average Bonchev–Trinajstić information content (AvgIpc) is 2.83. The number of aromatic nitrogens is 1. The molecule has 1 heterocycles. The van der Waals surface area contributed by atoms with Crippen LogP contribution < -0.4 is 0 Å². The zero-order valence-electron chi connectivity index (χ0n) is 10.4. The Balaban J connectivity index is 2.15. The van der Waals surface area contributed by atoms with Crippen molar-refractivity contribution in [3.63, 3.8) is 0 Å². The van der Waals surface area contributed by atoms with Crippen molar-refractivity contribution in [1.82, 2.24) is 4.98 Å². The van der Waals surface area contributed by atoms with Gasteiger partial charge in [0.25, 0.3) is 0 Å². The van der Waals surface area contributed by atoms with Crippen LogP contribution in [0.3, 0.4) is 0 Å². The first-order chi connectivity index (χ1) is 9.24. The summed E-state index contributed by atoms with van der Waals surface area (Å²) in [5.41, 5.74) is 4.47. The third kappa shape index (κ3) is 2.55. The van der Waals surface area contributed by atoms with Crippen molar-refractivity contribution in [2.45, 2.75) is 6.92 Å². The Morgan fingerprint density at radius 3 is 2.26 bits per heavy atom. The van der Waals surface area contributed by atoms with Gasteiger partial charge in [-0.15, -0.1) is 11.3 Å². The maximum atomic E-state index is 6.10. The molecule has 3 rings (SSSR count). The second kappa shape index (κ2) is 5.16. The fourth-order valence-corrected chi connectivity index (χ4v) is 3.12. The van der Waals surface area contributed by atoms with Crippen LogP contribution in [0.1, 0.15) is 5.56 Å². The van der Waals surface area contributed by atoms with Crippen molar-refractivity contribution in [1.29, 1.82) is 0 Å². The van der Waals surface area contributed by atoms with Crippen molar-refractivity contribution in [3.05, 3.63) is 64.6 Å². The fourth-order valence-electron chi connectivity index (χ4n) is 1.99. The number of thiazole rings is 1. The molecule has 0 bridgehead atoms. The van der Waals surface area contributed by atoms with E-state index in [-0.39, 0.29) is 0 Å². The fraction of sp³-hybridized carbons (Fsp3) is 0.0625. The molecule has 0 aliphatic carbocycles. The molecule has 3 aromatic rings. The quantitative estimate of drug-likeness (QED) is 0.611. The highest BCUT2D eigenvalue weighted by Crippen LogP contribution is 2.38. The van der Waals surface area contributed by atoms with Crippen molar-refractivity contribution < 1.29 is 0 Å². The molecule has 0 radical (unpaired) electrons. The lowest BCUT2D eigenvalue weighted by Gasteiger charge is -2.03. The molecule has 0 fully saturated rings. The minimum Gasteiger partial charge on any atom is -0.224 e. The summed E-state index contributed by atoms with van der Waals surface area (Å²) in [7, 11) is 0. The van der Waals surface area contributed by atoms with E-state index in [1.165, 1.54) is 16.9 Å². The van der Waals surface area contributed by atoms with Gasteiger partial charge >= 0.3 is 0 Å². The highest BCUT2D eigenvalue weighted by atomic mass is 35.5. The first-order valence-corrected chi connectivity index (χ1v) is 7.22. The second-order valence-corrected chi connectivity index (χ2v) is 5.96. The standard InChI is InChI=1S/C16H12ClNS/c1-11-7-9-13(10-8-11)15-14(18-16(17)19-15)12-5-3-2-4-6-12/h2-10H,1H3. The number of halogens is 1. The minimum atomic E-state index is 0.578. The molecule has 0 aliphatic heterocycles. The molecule has 2 aromatic carbocycles. The van der Waals surface area contributed by atoms with Crippen LogP contribution in [-0.4, -0.2) is 4.98 Å². The molecule has 19 heavy (non-hydrogen) atoms. The summed E-state index contributed by atoms with van der Waals surface area (Å²) in [4.78, 5) is 5.59. The largest absolute Gasteiger partial charge is 0.224 e. The van der Waals surface area contributed by atoms with Crippen molar-refractivity contribution in [2.75, 3.05) is 0 Å². The predicted octanol–water partition coefficient (Wildman–Crippen LogP) is 5.44. The number of benzene rings is 2. The Morgan fingerprint density at radius 2 is 1.58 bits per heavy atom. The van der Waals surface area contributed by atoms with Gasteiger partial charge in [-0.25, -0.2) is 4.98 Å². The molecule has 1 nitrogen and oxygen atoms in total. The molecule has 0 saturated carbocycles. The number of nitrogens with zero attached hydrogens (tertiary/aromatic N) is 1. The highest BCUT2D eigenvalue weighted by Gasteiger charge is 2.13. The van der Waals surface area contributed by atoms with E-state index in [9.17, 15) is 0 Å². The van der Waals surface area contributed by atoms with Crippen LogP contribution in [0.2, 0.25) is 4.47 Å². The van der Waals surface area contributed by atoms with Gasteiger partial charge in [0, 0.05) is 5.56 Å². The minimum absolute atomic E-state index is 0.578. The maximum absolute atomic E-state index is 6.10. The van der Waals surface area contributed by atoms with E-state index >= 15 is 0 Å². The third-order valence-electron chi connectivity index (χ3n) is 2.96. The Kier molecular flexibility index (Phi) is 3.36. The molecule has 3 heteroatoms. The van der Waals surface area contributed by atoms with Crippen LogP contribution in [0.5, 0.6) is 0 Å². The Hall–Kier alpha value is -1.64. The van der Waals surface area contributed by atoms with Crippen LogP contribution in [0, 0.1) is 6.92 Å². The Morgan fingerprint density at radius 1 is 0.895 bits per heavy atom. The number of hydrogen-bond acceptors (Lipinski definition) is 2. The molecular weight excluding hydrogens is 274 g/mol. The molecule has 0 unspecified atom stereocenters.